The fraction of sp³-hybridized carbons (Fsp3) is 0.353. The Kier molecular flexibility index (Phi) is 4.71. The van der Waals surface area contributed by atoms with E-state index in [0.29, 0.717) is 28.8 Å². The molecule has 3 rings (SSSR count). The van der Waals surface area contributed by atoms with Crippen LogP contribution in [-0.4, -0.2) is 45.2 Å². The highest BCUT2D eigenvalue weighted by Crippen LogP contribution is 2.31. The summed E-state index contributed by atoms with van der Waals surface area (Å²) in [5, 5.41) is 16.3. The Hall–Kier alpha value is -2.15. The van der Waals surface area contributed by atoms with Gasteiger partial charge in [0.05, 0.1) is 10.4 Å². The van der Waals surface area contributed by atoms with Gasteiger partial charge in [-0.15, -0.1) is 0 Å². The minimum Gasteiger partial charge on any atom is -0.481 e. The highest BCUT2D eigenvalue weighted by atomic mass is 79.9. The number of benzene rings is 1. The topological polar surface area (TPSA) is 86.3 Å². The molecule has 1 aliphatic rings. The maximum Gasteiger partial charge on any atom is 0.308 e. The highest BCUT2D eigenvalue weighted by Gasteiger charge is 2.33. The van der Waals surface area contributed by atoms with E-state index in [0.717, 1.165) is 5.56 Å². The number of H-pyrrole nitrogens is 1. The molecule has 2 aromatic rings. The molecule has 24 heavy (non-hydrogen) atoms. The Bertz CT molecular complexity index is 760. The predicted molar refractivity (Wildman–Crippen MR) is 92.5 cm³/mol. The molecule has 1 aromatic carbocycles. The van der Waals surface area contributed by atoms with Crippen LogP contribution in [-0.2, 0) is 4.79 Å². The Balaban J connectivity index is 1.85. The van der Waals surface area contributed by atoms with Crippen molar-refractivity contribution in [1.29, 1.82) is 0 Å². The van der Waals surface area contributed by atoms with Gasteiger partial charge in [-0.05, 0) is 28.3 Å². The Morgan fingerprint density at radius 3 is 2.67 bits per heavy atom. The van der Waals surface area contributed by atoms with Gasteiger partial charge >= 0.3 is 5.97 Å². The quantitative estimate of drug-likeness (QED) is 0.841. The monoisotopic (exact) mass is 391 g/mol. The standard InChI is InChI=1S/C17H18BrN3O3/c1-10-7-12(17(23)24)9-21(8-10)16(22)15-13(18)14(19-20-15)11-5-3-2-4-6-11/h2-6,10,12H,7-9H2,1H3,(H,19,20)(H,23,24). The first-order valence-corrected chi connectivity index (χ1v) is 8.58. The van der Waals surface area contributed by atoms with E-state index < -0.39 is 11.9 Å². The van der Waals surface area contributed by atoms with Crippen molar-refractivity contribution in [3.8, 4) is 11.3 Å². The summed E-state index contributed by atoms with van der Waals surface area (Å²) >= 11 is 3.46. The van der Waals surface area contributed by atoms with Crippen molar-refractivity contribution in [2.75, 3.05) is 13.1 Å². The van der Waals surface area contributed by atoms with Crippen LogP contribution in [0.2, 0.25) is 0 Å². The molecule has 2 N–H and O–H groups in total. The average molecular weight is 392 g/mol. The van der Waals surface area contributed by atoms with Crippen LogP contribution < -0.4 is 0 Å². The number of nitrogens with zero attached hydrogens (tertiary/aromatic N) is 2. The second-order valence-corrected chi connectivity index (χ2v) is 7.01. The Morgan fingerprint density at radius 1 is 1.29 bits per heavy atom. The van der Waals surface area contributed by atoms with E-state index in [4.69, 9.17) is 0 Å². The summed E-state index contributed by atoms with van der Waals surface area (Å²) in [6.07, 6.45) is 0.596. The molecule has 1 fully saturated rings. The predicted octanol–water partition coefficient (Wildman–Crippen LogP) is 3.02. The fourth-order valence-corrected chi connectivity index (χ4v) is 3.69. The average Bonchev–Trinajstić information content (AvgIpc) is 2.96. The summed E-state index contributed by atoms with van der Waals surface area (Å²) in [4.78, 5) is 25.7. The van der Waals surface area contributed by atoms with Crippen molar-refractivity contribution in [2.24, 2.45) is 11.8 Å². The van der Waals surface area contributed by atoms with Gasteiger partial charge < -0.3 is 10.0 Å². The third-order valence-electron chi connectivity index (χ3n) is 4.26. The van der Waals surface area contributed by atoms with E-state index in [2.05, 4.69) is 26.1 Å². The molecule has 1 aromatic heterocycles. The normalized spacial score (nSPS) is 20.8. The number of aromatic amines is 1. The SMILES string of the molecule is CC1CC(C(=O)O)CN(C(=O)c2[nH]nc(-c3ccccc3)c2Br)C1. The molecule has 126 valence electrons. The van der Waals surface area contributed by atoms with Crippen molar-refractivity contribution in [1.82, 2.24) is 15.1 Å². The number of carbonyl (C=O) groups is 2. The van der Waals surface area contributed by atoms with Gasteiger partial charge in [0.25, 0.3) is 5.91 Å². The largest absolute Gasteiger partial charge is 0.481 e. The number of carbonyl (C=O) groups excluding carboxylic acids is 1. The van der Waals surface area contributed by atoms with Crippen molar-refractivity contribution in [3.63, 3.8) is 0 Å². The first-order valence-electron chi connectivity index (χ1n) is 7.78. The molecule has 1 aliphatic heterocycles. The summed E-state index contributed by atoms with van der Waals surface area (Å²) < 4.78 is 0.601. The molecule has 2 heterocycles. The second kappa shape index (κ2) is 6.76. The van der Waals surface area contributed by atoms with Crippen molar-refractivity contribution in [3.05, 3.63) is 40.5 Å². The Morgan fingerprint density at radius 2 is 2.00 bits per heavy atom. The summed E-state index contributed by atoms with van der Waals surface area (Å²) in [7, 11) is 0. The maximum atomic E-state index is 12.8. The van der Waals surface area contributed by atoms with Crippen LogP contribution >= 0.6 is 15.9 Å². The lowest BCUT2D eigenvalue weighted by molar-refractivity contribution is -0.143. The minimum absolute atomic E-state index is 0.152. The van der Waals surface area contributed by atoms with Crippen molar-refractivity contribution >= 4 is 27.8 Å². The lowest BCUT2D eigenvalue weighted by Gasteiger charge is -2.34. The van der Waals surface area contributed by atoms with Crippen LogP contribution in [0, 0.1) is 11.8 Å². The molecule has 0 radical (unpaired) electrons. The zero-order chi connectivity index (χ0) is 17.3. The number of nitrogens with one attached hydrogen (secondary N) is 1. The molecule has 1 saturated heterocycles. The van der Waals surface area contributed by atoms with E-state index in [1.165, 1.54) is 0 Å². The molecule has 0 saturated carbocycles. The first kappa shape index (κ1) is 16.7. The maximum absolute atomic E-state index is 12.8. The number of amides is 1. The van der Waals surface area contributed by atoms with Gasteiger partial charge in [-0.2, -0.15) is 5.10 Å². The highest BCUT2D eigenvalue weighted by molar-refractivity contribution is 9.10. The molecule has 2 unspecified atom stereocenters. The van der Waals surface area contributed by atoms with Gasteiger partial charge in [0.2, 0.25) is 0 Å². The number of carboxylic acid groups (broad SMARTS) is 1. The zero-order valence-electron chi connectivity index (χ0n) is 13.2. The van der Waals surface area contributed by atoms with Gasteiger partial charge in [-0.25, -0.2) is 0 Å². The fourth-order valence-electron chi connectivity index (χ4n) is 3.11. The third kappa shape index (κ3) is 3.21. The van der Waals surface area contributed by atoms with Crippen LogP contribution in [0.25, 0.3) is 11.3 Å². The van der Waals surface area contributed by atoms with E-state index in [1.807, 2.05) is 37.3 Å². The van der Waals surface area contributed by atoms with Gasteiger partial charge in [0.1, 0.15) is 11.4 Å². The van der Waals surface area contributed by atoms with E-state index in [9.17, 15) is 14.7 Å². The number of aromatic nitrogens is 2. The third-order valence-corrected chi connectivity index (χ3v) is 5.04. The summed E-state index contributed by atoms with van der Waals surface area (Å²) in [6.45, 7) is 2.74. The zero-order valence-corrected chi connectivity index (χ0v) is 14.8. The summed E-state index contributed by atoms with van der Waals surface area (Å²) in [5.74, 6) is -1.45. The molecular weight excluding hydrogens is 374 g/mol. The lowest BCUT2D eigenvalue weighted by atomic mass is 9.90. The smallest absolute Gasteiger partial charge is 0.308 e. The van der Waals surface area contributed by atoms with E-state index >= 15 is 0 Å². The molecule has 1 amide bonds. The number of carboxylic acids is 1. The summed E-state index contributed by atoms with van der Waals surface area (Å²) in [6, 6.07) is 9.55. The van der Waals surface area contributed by atoms with Gasteiger partial charge in [-0.1, -0.05) is 37.3 Å². The molecule has 0 spiro atoms. The van der Waals surface area contributed by atoms with Crippen LogP contribution in [0.4, 0.5) is 0 Å². The van der Waals surface area contributed by atoms with E-state index in [-0.39, 0.29) is 18.4 Å². The number of hydrogen-bond donors (Lipinski definition) is 2. The van der Waals surface area contributed by atoms with Crippen LogP contribution in [0.15, 0.2) is 34.8 Å². The van der Waals surface area contributed by atoms with Crippen LogP contribution in [0.1, 0.15) is 23.8 Å². The van der Waals surface area contributed by atoms with Crippen LogP contribution in [0.5, 0.6) is 0 Å². The summed E-state index contributed by atoms with van der Waals surface area (Å²) in [5.41, 5.74) is 1.92. The number of aliphatic carboxylic acids is 1. The van der Waals surface area contributed by atoms with Gasteiger partial charge in [-0.3, -0.25) is 14.7 Å². The number of likely N-dealkylation sites (tertiary alicyclic amines) is 1. The minimum atomic E-state index is -0.854. The molecule has 0 bridgehead atoms. The molecule has 7 heteroatoms. The van der Waals surface area contributed by atoms with Gasteiger partial charge in [0, 0.05) is 18.7 Å². The number of hydrogen-bond acceptors (Lipinski definition) is 3. The molecule has 0 aliphatic carbocycles. The number of halogens is 1. The number of piperidine rings is 1. The first-order chi connectivity index (χ1) is 11.5. The Labute approximate surface area is 148 Å². The lowest BCUT2D eigenvalue weighted by Crippen LogP contribution is -2.45. The van der Waals surface area contributed by atoms with Crippen molar-refractivity contribution < 1.29 is 14.7 Å². The second-order valence-electron chi connectivity index (χ2n) is 6.21. The van der Waals surface area contributed by atoms with Crippen molar-refractivity contribution in [2.45, 2.75) is 13.3 Å². The molecule has 6 nitrogen and oxygen atoms in total. The van der Waals surface area contributed by atoms with Gasteiger partial charge in [0.15, 0.2) is 0 Å². The molecule has 2 atom stereocenters. The molecular formula is C17H18BrN3O3. The van der Waals surface area contributed by atoms with E-state index in [1.54, 1.807) is 4.90 Å². The van der Waals surface area contributed by atoms with Crippen LogP contribution in [0.3, 0.4) is 0 Å². The number of rotatable bonds is 3.